The van der Waals surface area contributed by atoms with Gasteiger partial charge in [-0.2, -0.15) is 0 Å². The lowest BCUT2D eigenvalue weighted by atomic mass is 10.2. The van der Waals surface area contributed by atoms with Crippen molar-refractivity contribution in [3.05, 3.63) is 0 Å². The average Bonchev–Trinajstić information content (AvgIpc) is 2.06. The number of rotatable bonds is 5. The molecule has 0 rings (SSSR count). The molecule has 3 nitrogen and oxygen atoms in total. The van der Waals surface area contributed by atoms with Gasteiger partial charge in [0, 0.05) is 0 Å². The van der Waals surface area contributed by atoms with E-state index in [2.05, 4.69) is 18.7 Å². The SMILES string of the molecule is CCN(CC)C(C)OC(=O)C(C)C. The summed E-state index contributed by atoms with van der Waals surface area (Å²) in [6, 6.07) is 0. The van der Waals surface area contributed by atoms with Gasteiger partial charge in [0.1, 0.15) is 0 Å². The van der Waals surface area contributed by atoms with Crippen LogP contribution in [0, 0.1) is 5.92 Å². The molecule has 0 aliphatic rings. The first-order chi connectivity index (χ1) is 6.02. The van der Waals surface area contributed by atoms with Crippen LogP contribution in [0.25, 0.3) is 0 Å². The number of nitrogens with zero attached hydrogens (tertiary/aromatic N) is 1. The van der Waals surface area contributed by atoms with Crippen LogP contribution in [0.3, 0.4) is 0 Å². The van der Waals surface area contributed by atoms with Gasteiger partial charge in [0.05, 0.1) is 5.92 Å². The topological polar surface area (TPSA) is 29.5 Å². The van der Waals surface area contributed by atoms with Gasteiger partial charge in [0.2, 0.25) is 0 Å². The van der Waals surface area contributed by atoms with Crippen molar-refractivity contribution in [1.29, 1.82) is 0 Å². The molecular weight excluding hydrogens is 166 g/mol. The lowest BCUT2D eigenvalue weighted by molar-refractivity contribution is -0.161. The molecule has 0 amide bonds. The number of carbonyl (C=O) groups is 1. The molecule has 0 heterocycles. The molecular formula is C10H21NO2. The number of carbonyl (C=O) groups excluding carboxylic acids is 1. The minimum Gasteiger partial charge on any atom is -0.446 e. The maximum absolute atomic E-state index is 11.2. The van der Waals surface area contributed by atoms with E-state index in [4.69, 9.17) is 4.74 Å². The second-order valence-electron chi connectivity index (χ2n) is 3.41. The summed E-state index contributed by atoms with van der Waals surface area (Å²) < 4.78 is 5.24. The Morgan fingerprint density at radius 2 is 1.69 bits per heavy atom. The predicted molar refractivity (Wildman–Crippen MR) is 53.3 cm³/mol. The van der Waals surface area contributed by atoms with E-state index in [0.717, 1.165) is 13.1 Å². The van der Waals surface area contributed by atoms with E-state index in [1.165, 1.54) is 0 Å². The van der Waals surface area contributed by atoms with Crippen molar-refractivity contribution in [2.45, 2.75) is 40.8 Å². The van der Waals surface area contributed by atoms with Crippen molar-refractivity contribution >= 4 is 5.97 Å². The molecule has 0 aliphatic heterocycles. The Morgan fingerprint density at radius 3 is 2.00 bits per heavy atom. The number of hydrogen-bond acceptors (Lipinski definition) is 3. The molecule has 0 N–H and O–H groups in total. The fourth-order valence-corrected chi connectivity index (χ4v) is 1.12. The minimum absolute atomic E-state index is 0.0435. The Hall–Kier alpha value is -0.570. The molecule has 0 aliphatic carbocycles. The predicted octanol–water partition coefficient (Wildman–Crippen LogP) is 1.87. The first-order valence-corrected chi connectivity index (χ1v) is 4.97. The van der Waals surface area contributed by atoms with E-state index in [1.807, 2.05) is 20.8 Å². The summed E-state index contributed by atoms with van der Waals surface area (Å²) in [6.07, 6.45) is -0.107. The summed E-state index contributed by atoms with van der Waals surface area (Å²) in [4.78, 5) is 13.3. The lowest BCUT2D eigenvalue weighted by Gasteiger charge is -2.26. The van der Waals surface area contributed by atoms with Gasteiger partial charge in [0.25, 0.3) is 0 Å². The van der Waals surface area contributed by atoms with Crippen LogP contribution < -0.4 is 0 Å². The highest BCUT2D eigenvalue weighted by molar-refractivity contribution is 5.71. The molecule has 3 heteroatoms. The largest absolute Gasteiger partial charge is 0.446 e. The van der Waals surface area contributed by atoms with Crippen molar-refractivity contribution in [2.24, 2.45) is 5.92 Å². The third kappa shape index (κ3) is 4.27. The summed E-state index contributed by atoms with van der Waals surface area (Å²) in [7, 11) is 0. The van der Waals surface area contributed by atoms with Crippen LogP contribution in [-0.2, 0) is 9.53 Å². The highest BCUT2D eigenvalue weighted by Gasteiger charge is 2.16. The van der Waals surface area contributed by atoms with E-state index < -0.39 is 0 Å². The quantitative estimate of drug-likeness (QED) is 0.486. The van der Waals surface area contributed by atoms with Gasteiger partial charge < -0.3 is 4.74 Å². The molecule has 0 saturated carbocycles. The Balaban J connectivity index is 3.97. The maximum Gasteiger partial charge on any atom is 0.309 e. The van der Waals surface area contributed by atoms with Crippen LogP contribution in [-0.4, -0.2) is 30.2 Å². The van der Waals surface area contributed by atoms with Crippen molar-refractivity contribution in [1.82, 2.24) is 4.90 Å². The second kappa shape index (κ2) is 5.97. The summed E-state index contributed by atoms with van der Waals surface area (Å²) >= 11 is 0. The van der Waals surface area contributed by atoms with Gasteiger partial charge in [-0.05, 0) is 20.0 Å². The fraction of sp³-hybridized carbons (Fsp3) is 0.900. The molecule has 78 valence electrons. The van der Waals surface area contributed by atoms with Crippen LogP contribution in [0.4, 0.5) is 0 Å². The zero-order valence-electron chi connectivity index (χ0n) is 9.33. The average molecular weight is 187 g/mol. The molecule has 0 spiro atoms. The van der Waals surface area contributed by atoms with Crippen LogP contribution in [0.5, 0.6) is 0 Å². The molecule has 0 aromatic heterocycles. The molecule has 0 aromatic rings. The third-order valence-corrected chi connectivity index (χ3v) is 2.08. The van der Waals surface area contributed by atoms with E-state index in [-0.39, 0.29) is 18.1 Å². The van der Waals surface area contributed by atoms with E-state index in [1.54, 1.807) is 0 Å². The summed E-state index contributed by atoms with van der Waals surface area (Å²) in [5, 5.41) is 0. The normalized spacial score (nSPS) is 13.5. The number of hydrogen-bond donors (Lipinski definition) is 0. The first kappa shape index (κ1) is 12.4. The standard InChI is InChI=1S/C10H21NO2/c1-6-11(7-2)9(5)13-10(12)8(3)4/h8-9H,6-7H2,1-5H3. The van der Waals surface area contributed by atoms with Crippen molar-refractivity contribution in [3.63, 3.8) is 0 Å². The van der Waals surface area contributed by atoms with Crippen LogP contribution >= 0.6 is 0 Å². The Morgan fingerprint density at radius 1 is 1.23 bits per heavy atom. The molecule has 0 saturated heterocycles. The van der Waals surface area contributed by atoms with Crippen molar-refractivity contribution in [3.8, 4) is 0 Å². The Labute approximate surface area is 81.1 Å². The third-order valence-electron chi connectivity index (χ3n) is 2.08. The van der Waals surface area contributed by atoms with Gasteiger partial charge in [-0.25, -0.2) is 0 Å². The number of ether oxygens (including phenoxy) is 1. The Kier molecular flexibility index (Phi) is 5.71. The molecule has 0 aromatic carbocycles. The minimum atomic E-state index is -0.126. The van der Waals surface area contributed by atoms with Crippen LogP contribution in [0.15, 0.2) is 0 Å². The molecule has 1 unspecified atom stereocenters. The molecule has 0 fully saturated rings. The molecule has 0 radical (unpaired) electrons. The van der Waals surface area contributed by atoms with E-state index in [0.29, 0.717) is 0 Å². The smallest absolute Gasteiger partial charge is 0.309 e. The molecule has 13 heavy (non-hydrogen) atoms. The van der Waals surface area contributed by atoms with Crippen molar-refractivity contribution < 1.29 is 9.53 Å². The van der Waals surface area contributed by atoms with Crippen LogP contribution in [0.1, 0.15) is 34.6 Å². The van der Waals surface area contributed by atoms with Gasteiger partial charge in [0.15, 0.2) is 6.23 Å². The van der Waals surface area contributed by atoms with Gasteiger partial charge in [-0.15, -0.1) is 0 Å². The molecule has 1 atom stereocenters. The molecule has 0 bridgehead atoms. The van der Waals surface area contributed by atoms with Gasteiger partial charge >= 0.3 is 5.97 Å². The van der Waals surface area contributed by atoms with Crippen molar-refractivity contribution in [2.75, 3.05) is 13.1 Å². The highest BCUT2D eigenvalue weighted by atomic mass is 16.6. The lowest BCUT2D eigenvalue weighted by Crippen LogP contribution is -2.37. The zero-order valence-corrected chi connectivity index (χ0v) is 9.33. The fourth-order valence-electron chi connectivity index (χ4n) is 1.12. The summed E-state index contributed by atoms with van der Waals surface area (Å²) in [5.74, 6) is -0.169. The van der Waals surface area contributed by atoms with E-state index >= 15 is 0 Å². The number of esters is 1. The second-order valence-corrected chi connectivity index (χ2v) is 3.41. The Bertz CT molecular complexity index is 153. The van der Waals surface area contributed by atoms with E-state index in [9.17, 15) is 4.79 Å². The van der Waals surface area contributed by atoms with Gasteiger partial charge in [-0.3, -0.25) is 9.69 Å². The maximum atomic E-state index is 11.2. The van der Waals surface area contributed by atoms with Gasteiger partial charge in [-0.1, -0.05) is 27.7 Å². The monoisotopic (exact) mass is 187 g/mol. The summed E-state index contributed by atoms with van der Waals surface area (Å²) in [6.45, 7) is 11.5. The highest BCUT2D eigenvalue weighted by Crippen LogP contribution is 2.04. The zero-order chi connectivity index (χ0) is 10.4. The first-order valence-electron chi connectivity index (χ1n) is 4.97. The van der Waals surface area contributed by atoms with Crippen LogP contribution in [0.2, 0.25) is 0 Å². The summed E-state index contributed by atoms with van der Waals surface area (Å²) in [5.41, 5.74) is 0.